The summed E-state index contributed by atoms with van der Waals surface area (Å²) in [7, 11) is 1.65. The van der Waals surface area contributed by atoms with Gasteiger partial charge in [-0.25, -0.2) is 8.42 Å². The zero-order chi connectivity index (χ0) is 14.6. The summed E-state index contributed by atoms with van der Waals surface area (Å²) in [4.78, 5) is 0. The molecule has 0 saturated heterocycles. The van der Waals surface area contributed by atoms with Crippen LogP contribution in [-0.4, -0.2) is 33.6 Å². The Morgan fingerprint density at radius 3 is 2.26 bits per heavy atom. The minimum atomic E-state index is -4.17. The van der Waals surface area contributed by atoms with E-state index in [1.165, 1.54) is 0 Å². The van der Waals surface area contributed by atoms with Crippen LogP contribution in [0.4, 0.5) is 13.2 Å². The van der Waals surface area contributed by atoms with E-state index in [0.29, 0.717) is 12.8 Å². The van der Waals surface area contributed by atoms with Gasteiger partial charge in [0.25, 0.3) is 0 Å². The van der Waals surface area contributed by atoms with Crippen molar-refractivity contribution in [1.82, 2.24) is 0 Å². The topological polar surface area (TPSA) is 43.4 Å². The second kappa shape index (κ2) is 6.63. The summed E-state index contributed by atoms with van der Waals surface area (Å²) in [6.07, 6.45) is -1.97. The number of halogens is 4. The molecule has 3 nitrogen and oxygen atoms in total. The van der Waals surface area contributed by atoms with Gasteiger partial charge in [-0.3, -0.25) is 0 Å². The van der Waals surface area contributed by atoms with Crippen LogP contribution in [0.15, 0.2) is 0 Å². The van der Waals surface area contributed by atoms with Crippen molar-refractivity contribution >= 4 is 19.7 Å². The van der Waals surface area contributed by atoms with Gasteiger partial charge in [-0.2, -0.15) is 13.2 Å². The molecule has 0 spiro atoms. The van der Waals surface area contributed by atoms with Crippen molar-refractivity contribution in [1.29, 1.82) is 0 Å². The zero-order valence-electron chi connectivity index (χ0n) is 10.5. The normalized spacial score (nSPS) is 19.8. The van der Waals surface area contributed by atoms with E-state index in [2.05, 4.69) is 0 Å². The summed E-state index contributed by atoms with van der Waals surface area (Å²) in [5.41, 5.74) is -0.515. The molecule has 8 heteroatoms. The van der Waals surface area contributed by atoms with Crippen LogP contribution in [0, 0.1) is 5.41 Å². The summed E-state index contributed by atoms with van der Waals surface area (Å²) in [6.45, 7) is 0.153. The third-order valence-corrected chi connectivity index (χ3v) is 4.58. The van der Waals surface area contributed by atoms with Gasteiger partial charge in [0.15, 0.2) is 0 Å². The van der Waals surface area contributed by atoms with E-state index < -0.39 is 27.1 Å². The van der Waals surface area contributed by atoms with E-state index in [-0.39, 0.29) is 25.4 Å². The average molecular weight is 323 g/mol. The predicted molar refractivity (Wildman–Crippen MR) is 66.6 cm³/mol. The lowest BCUT2D eigenvalue weighted by Crippen LogP contribution is -2.31. The summed E-state index contributed by atoms with van der Waals surface area (Å²) < 4.78 is 63.4. The lowest BCUT2D eigenvalue weighted by atomic mass is 9.90. The van der Waals surface area contributed by atoms with Crippen molar-refractivity contribution in [3.63, 3.8) is 0 Å². The maximum absolute atomic E-state index is 11.9. The van der Waals surface area contributed by atoms with Crippen molar-refractivity contribution in [3.8, 4) is 0 Å². The molecule has 1 saturated carbocycles. The first-order valence-corrected chi connectivity index (χ1v) is 8.67. The molecule has 114 valence electrons. The Kier molecular flexibility index (Phi) is 5.95. The van der Waals surface area contributed by atoms with Gasteiger partial charge in [-0.05, 0) is 19.3 Å². The fourth-order valence-corrected chi connectivity index (χ4v) is 4.28. The number of ether oxygens (including phenoxy) is 1. The van der Waals surface area contributed by atoms with Crippen LogP contribution >= 0.6 is 10.7 Å². The molecule has 0 heterocycles. The molecule has 0 aliphatic heterocycles. The Bertz CT molecular complexity index is 375. The SMILES string of the molecule is O=S(=O)(Cl)CC1(COCCCC(F)(F)F)CCCC1. The summed E-state index contributed by atoms with van der Waals surface area (Å²) >= 11 is 0. The largest absolute Gasteiger partial charge is 0.389 e. The lowest BCUT2D eigenvalue weighted by molar-refractivity contribution is -0.138. The second-order valence-corrected chi connectivity index (χ2v) is 7.94. The van der Waals surface area contributed by atoms with Crippen molar-refractivity contribution in [2.75, 3.05) is 19.0 Å². The van der Waals surface area contributed by atoms with Crippen molar-refractivity contribution in [3.05, 3.63) is 0 Å². The Labute approximate surface area is 115 Å². The first-order valence-electron chi connectivity index (χ1n) is 6.19. The molecule has 0 radical (unpaired) electrons. The average Bonchev–Trinajstić information content (AvgIpc) is 2.61. The molecule has 0 unspecified atom stereocenters. The van der Waals surface area contributed by atoms with Gasteiger partial charge in [0.05, 0.1) is 12.4 Å². The molecule has 1 aliphatic rings. The highest BCUT2D eigenvalue weighted by Crippen LogP contribution is 2.40. The molecule has 0 aromatic rings. The third kappa shape index (κ3) is 7.37. The quantitative estimate of drug-likeness (QED) is 0.532. The highest BCUT2D eigenvalue weighted by molar-refractivity contribution is 8.13. The highest BCUT2D eigenvalue weighted by Gasteiger charge is 2.38. The Morgan fingerprint density at radius 1 is 1.21 bits per heavy atom. The molecule has 0 aromatic heterocycles. The highest BCUT2D eigenvalue weighted by atomic mass is 35.7. The fraction of sp³-hybridized carbons (Fsp3) is 1.00. The van der Waals surface area contributed by atoms with Gasteiger partial charge in [0.1, 0.15) is 0 Å². The smallest absolute Gasteiger partial charge is 0.381 e. The van der Waals surface area contributed by atoms with Crippen LogP contribution in [0.5, 0.6) is 0 Å². The van der Waals surface area contributed by atoms with Gasteiger partial charge >= 0.3 is 6.18 Å². The third-order valence-electron chi connectivity index (χ3n) is 3.30. The fourth-order valence-electron chi connectivity index (χ4n) is 2.48. The molecular formula is C11H18ClF3O3S. The monoisotopic (exact) mass is 322 g/mol. The van der Waals surface area contributed by atoms with E-state index >= 15 is 0 Å². The maximum atomic E-state index is 11.9. The molecule has 0 amide bonds. The Morgan fingerprint density at radius 2 is 1.79 bits per heavy atom. The molecule has 0 N–H and O–H groups in total. The van der Waals surface area contributed by atoms with Crippen LogP contribution < -0.4 is 0 Å². The van der Waals surface area contributed by atoms with E-state index in [1.54, 1.807) is 0 Å². The maximum Gasteiger partial charge on any atom is 0.389 e. The van der Waals surface area contributed by atoms with Crippen LogP contribution in [0.3, 0.4) is 0 Å². The number of hydrogen-bond acceptors (Lipinski definition) is 3. The molecule has 0 atom stereocenters. The van der Waals surface area contributed by atoms with E-state index in [1.807, 2.05) is 0 Å². The molecular weight excluding hydrogens is 305 g/mol. The molecule has 1 rings (SSSR count). The number of rotatable bonds is 7. The Balaban J connectivity index is 2.35. The van der Waals surface area contributed by atoms with Crippen LogP contribution in [0.2, 0.25) is 0 Å². The first-order chi connectivity index (χ1) is 8.62. The second-order valence-electron chi connectivity index (χ2n) is 5.16. The summed E-state index contributed by atoms with van der Waals surface area (Å²) in [5.74, 6) is -0.166. The molecule has 0 bridgehead atoms. The molecule has 1 fully saturated rings. The van der Waals surface area contributed by atoms with Crippen molar-refractivity contribution in [2.45, 2.75) is 44.7 Å². The minimum absolute atomic E-state index is 0.0103. The van der Waals surface area contributed by atoms with Gasteiger partial charge in [-0.1, -0.05) is 12.8 Å². The van der Waals surface area contributed by atoms with Gasteiger partial charge < -0.3 is 4.74 Å². The predicted octanol–water partition coefficient (Wildman–Crippen LogP) is 3.47. The van der Waals surface area contributed by atoms with E-state index in [4.69, 9.17) is 15.4 Å². The minimum Gasteiger partial charge on any atom is -0.381 e. The molecule has 1 aliphatic carbocycles. The number of hydrogen-bond donors (Lipinski definition) is 0. The summed E-state index contributed by atoms with van der Waals surface area (Å²) in [6, 6.07) is 0. The summed E-state index contributed by atoms with van der Waals surface area (Å²) in [5, 5.41) is 0. The Hall–Kier alpha value is -0.0100. The van der Waals surface area contributed by atoms with Crippen LogP contribution in [-0.2, 0) is 13.8 Å². The first kappa shape index (κ1) is 17.0. The van der Waals surface area contributed by atoms with Gasteiger partial charge in [0.2, 0.25) is 9.05 Å². The molecule has 19 heavy (non-hydrogen) atoms. The van der Waals surface area contributed by atoms with E-state index in [0.717, 1.165) is 12.8 Å². The van der Waals surface area contributed by atoms with Crippen LogP contribution in [0.25, 0.3) is 0 Å². The van der Waals surface area contributed by atoms with Gasteiger partial charge in [0, 0.05) is 29.1 Å². The van der Waals surface area contributed by atoms with E-state index in [9.17, 15) is 21.6 Å². The lowest BCUT2D eigenvalue weighted by Gasteiger charge is -2.27. The standard InChI is InChI=1S/C11H18ClF3O3S/c12-19(16,17)9-10(4-1-2-5-10)8-18-7-3-6-11(13,14)15/h1-9H2. The van der Waals surface area contributed by atoms with Crippen molar-refractivity contribution in [2.24, 2.45) is 5.41 Å². The zero-order valence-corrected chi connectivity index (χ0v) is 12.1. The van der Waals surface area contributed by atoms with Crippen molar-refractivity contribution < 1.29 is 26.3 Å². The molecule has 0 aromatic carbocycles. The van der Waals surface area contributed by atoms with Crippen LogP contribution in [0.1, 0.15) is 38.5 Å². The number of alkyl halides is 3. The van der Waals surface area contributed by atoms with Gasteiger partial charge in [-0.15, -0.1) is 0 Å².